The summed E-state index contributed by atoms with van der Waals surface area (Å²) in [5.74, 6) is 1.83. The molecular weight excluding hydrogens is 599 g/mol. The molecule has 4 nitrogen and oxygen atoms in total. The quantitative estimate of drug-likeness (QED) is 0.195. The molecule has 0 unspecified atom stereocenters. The van der Waals surface area contributed by atoms with Crippen LogP contribution in [0.2, 0.25) is 0 Å². The maximum atomic E-state index is 6.64. The molecule has 228 valence electrons. The van der Waals surface area contributed by atoms with Gasteiger partial charge in [-0.2, -0.15) is 0 Å². The van der Waals surface area contributed by atoms with Gasteiger partial charge in [0.2, 0.25) is 0 Å². The minimum atomic E-state index is 0.589. The van der Waals surface area contributed by atoms with Gasteiger partial charge in [-0.1, -0.05) is 127 Å². The maximum absolute atomic E-state index is 6.64. The standard InChI is InChI=1S/C45H27N3O/c1-2-12-30(13-3-1)38-25-37(27-41-42(38)39-24-33-16-8-9-17-34(33)26-40(39)49-41)45-47-43(35-20-18-28-10-4-6-14-31(28)22-35)46-44(48-45)36-21-19-29-11-5-7-15-32(29)23-36/h1-27H. The molecular formula is C45H27N3O. The van der Waals surface area contributed by atoms with Crippen LogP contribution in [0.3, 0.4) is 0 Å². The first-order valence-electron chi connectivity index (χ1n) is 16.4. The Bertz CT molecular complexity index is 2790. The lowest BCUT2D eigenvalue weighted by atomic mass is 9.96. The second kappa shape index (κ2) is 11.0. The van der Waals surface area contributed by atoms with Crippen LogP contribution in [0.15, 0.2) is 168 Å². The van der Waals surface area contributed by atoms with Gasteiger partial charge in [0, 0.05) is 27.5 Å². The van der Waals surface area contributed by atoms with E-state index in [0.717, 1.165) is 65.9 Å². The van der Waals surface area contributed by atoms with E-state index >= 15 is 0 Å². The molecule has 0 radical (unpaired) electrons. The van der Waals surface area contributed by atoms with Crippen molar-refractivity contribution in [3.05, 3.63) is 164 Å². The molecule has 10 aromatic rings. The van der Waals surface area contributed by atoms with E-state index in [0.29, 0.717) is 17.5 Å². The Labute approximate surface area is 282 Å². The Morgan fingerprint density at radius 2 is 0.816 bits per heavy atom. The number of furan rings is 1. The van der Waals surface area contributed by atoms with Crippen molar-refractivity contribution < 1.29 is 4.42 Å². The van der Waals surface area contributed by atoms with Gasteiger partial charge >= 0.3 is 0 Å². The first-order valence-corrected chi connectivity index (χ1v) is 16.4. The van der Waals surface area contributed by atoms with E-state index in [1.807, 2.05) is 6.07 Å². The lowest BCUT2D eigenvalue weighted by Gasteiger charge is -2.11. The zero-order valence-corrected chi connectivity index (χ0v) is 26.3. The first-order chi connectivity index (χ1) is 24.2. The lowest BCUT2D eigenvalue weighted by molar-refractivity contribution is 0.669. The fraction of sp³-hybridized carbons (Fsp3) is 0. The number of aromatic nitrogens is 3. The number of hydrogen-bond donors (Lipinski definition) is 0. The van der Waals surface area contributed by atoms with Crippen LogP contribution in [0.1, 0.15) is 0 Å². The van der Waals surface area contributed by atoms with Crippen LogP contribution in [-0.4, -0.2) is 15.0 Å². The molecule has 0 aliphatic heterocycles. The second-order valence-corrected chi connectivity index (χ2v) is 12.5. The van der Waals surface area contributed by atoms with Gasteiger partial charge in [-0.15, -0.1) is 0 Å². The van der Waals surface area contributed by atoms with E-state index in [4.69, 9.17) is 19.4 Å². The zero-order valence-electron chi connectivity index (χ0n) is 26.3. The number of hydrogen-bond acceptors (Lipinski definition) is 4. The first kappa shape index (κ1) is 27.5. The summed E-state index contributed by atoms with van der Waals surface area (Å²) in [5, 5.41) is 9.11. The van der Waals surface area contributed by atoms with Crippen LogP contribution in [0.25, 0.3) is 99.5 Å². The third-order valence-corrected chi connectivity index (χ3v) is 9.43. The van der Waals surface area contributed by atoms with Gasteiger partial charge in [0.25, 0.3) is 0 Å². The Balaban J connectivity index is 1.24. The molecule has 0 N–H and O–H groups in total. The summed E-state index contributed by atoms with van der Waals surface area (Å²) in [7, 11) is 0. The fourth-order valence-electron chi connectivity index (χ4n) is 6.99. The summed E-state index contributed by atoms with van der Waals surface area (Å²) in [6, 6.07) is 57.0. The smallest absolute Gasteiger partial charge is 0.164 e. The number of benzene rings is 8. The molecule has 0 fully saturated rings. The van der Waals surface area contributed by atoms with Gasteiger partial charge in [-0.05, 0) is 79.8 Å². The molecule has 0 aliphatic rings. The Morgan fingerprint density at radius 3 is 1.41 bits per heavy atom. The number of fused-ring (bicyclic) bond motifs is 6. The highest BCUT2D eigenvalue weighted by atomic mass is 16.3. The SMILES string of the molecule is c1ccc(-c2cc(-c3nc(-c4ccc5ccccc5c4)nc(-c4ccc5ccccc5c4)n3)cc3oc4cc5ccccc5cc4c23)cc1. The van der Waals surface area contributed by atoms with Gasteiger partial charge in [0.05, 0.1) is 0 Å². The fourth-order valence-corrected chi connectivity index (χ4v) is 6.99. The largest absolute Gasteiger partial charge is 0.456 e. The average molecular weight is 626 g/mol. The van der Waals surface area contributed by atoms with Crippen LogP contribution >= 0.6 is 0 Å². The molecule has 0 amide bonds. The van der Waals surface area contributed by atoms with Gasteiger partial charge < -0.3 is 4.42 Å². The molecule has 0 spiro atoms. The van der Waals surface area contributed by atoms with Crippen molar-refractivity contribution in [2.45, 2.75) is 0 Å². The van der Waals surface area contributed by atoms with Crippen LogP contribution < -0.4 is 0 Å². The molecule has 10 rings (SSSR count). The van der Waals surface area contributed by atoms with Crippen molar-refractivity contribution in [1.82, 2.24) is 15.0 Å². The van der Waals surface area contributed by atoms with E-state index in [-0.39, 0.29) is 0 Å². The van der Waals surface area contributed by atoms with E-state index in [1.54, 1.807) is 0 Å². The number of rotatable bonds is 4. The minimum Gasteiger partial charge on any atom is -0.456 e. The van der Waals surface area contributed by atoms with Crippen molar-refractivity contribution in [1.29, 1.82) is 0 Å². The predicted octanol–water partition coefficient (Wildman–Crippen LogP) is 11.9. The summed E-state index contributed by atoms with van der Waals surface area (Å²) >= 11 is 0. The van der Waals surface area contributed by atoms with E-state index in [2.05, 4.69) is 158 Å². The zero-order chi connectivity index (χ0) is 32.3. The lowest BCUT2D eigenvalue weighted by Crippen LogP contribution is -2.00. The van der Waals surface area contributed by atoms with Crippen LogP contribution in [0.4, 0.5) is 0 Å². The van der Waals surface area contributed by atoms with Gasteiger partial charge in [-0.3, -0.25) is 0 Å². The summed E-state index contributed by atoms with van der Waals surface area (Å²) in [6.07, 6.45) is 0. The Kier molecular flexibility index (Phi) is 6.15. The minimum absolute atomic E-state index is 0.589. The summed E-state index contributed by atoms with van der Waals surface area (Å²) in [4.78, 5) is 15.4. The maximum Gasteiger partial charge on any atom is 0.164 e. The van der Waals surface area contributed by atoms with Crippen molar-refractivity contribution in [3.8, 4) is 45.3 Å². The molecule has 0 aliphatic carbocycles. The highest BCUT2D eigenvalue weighted by molar-refractivity contribution is 6.16. The Hall–Kier alpha value is -6.65. The Morgan fingerprint density at radius 1 is 0.327 bits per heavy atom. The summed E-state index contributed by atoms with van der Waals surface area (Å²) in [5.41, 5.74) is 6.55. The molecule has 49 heavy (non-hydrogen) atoms. The van der Waals surface area contributed by atoms with Crippen LogP contribution in [0, 0.1) is 0 Å². The van der Waals surface area contributed by atoms with Crippen molar-refractivity contribution in [2.24, 2.45) is 0 Å². The third kappa shape index (κ3) is 4.73. The van der Waals surface area contributed by atoms with E-state index in [9.17, 15) is 0 Å². The van der Waals surface area contributed by atoms with E-state index in [1.165, 1.54) is 16.2 Å². The van der Waals surface area contributed by atoms with Crippen molar-refractivity contribution in [3.63, 3.8) is 0 Å². The van der Waals surface area contributed by atoms with Gasteiger partial charge in [0.15, 0.2) is 17.5 Å². The third-order valence-electron chi connectivity index (χ3n) is 9.43. The monoisotopic (exact) mass is 625 g/mol. The number of nitrogens with zero attached hydrogens (tertiary/aromatic N) is 3. The van der Waals surface area contributed by atoms with Crippen LogP contribution in [-0.2, 0) is 0 Å². The van der Waals surface area contributed by atoms with Crippen molar-refractivity contribution in [2.75, 3.05) is 0 Å². The normalized spacial score (nSPS) is 11.7. The van der Waals surface area contributed by atoms with Crippen molar-refractivity contribution >= 4 is 54.3 Å². The van der Waals surface area contributed by atoms with Crippen LogP contribution in [0.5, 0.6) is 0 Å². The molecule has 0 saturated heterocycles. The molecule has 2 heterocycles. The van der Waals surface area contributed by atoms with E-state index < -0.39 is 0 Å². The molecule has 0 bridgehead atoms. The highest BCUT2D eigenvalue weighted by Gasteiger charge is 2.19. The summed E-state index contributed by atoms with van der Waals surface area (Å²) < 4.78 is 6.64. The molecule has 0 atom stereocenters. The molecule has 4 heteroatoms. The highest BCUT2D eigenvalue weighted by Crippen LogP contribution is 2.41. The topological polar surface area (TPSA) is 51.8 Å². The molecule has 0 saturated carbocycles. The average Bonchev–Trinajstić information content (AvgIpc) is 3.53. The van der Waals surface area contributed by atoms with Gasteiger partial charge in [0.1, 0.15) is 11.2 Å². The molecule has 8 aromatic carbocycles. The van der Waals surface area contributed by atoms with Gasteiger partial charge in [-0.25, -0.2) is 15.0 Å². The predicted molar refractivity (Wildman–Crippen MR) is 201 cm³/mol. The second-order valence-electron chi connectivity index (χ2n) is 12.5. The molecule has 2 aromatic heterocycles. The summed E-state index contributed by atoms with van der Waals surface area (Å²) in [6.45, 7) is 0.